The van der Waals surface area contributed by atoms with E-state index in [9.17, 15) is 14.0 Å². The van der Waals surface area contributed by atoms with Crippen molar-refractivity contribution in [3.05, 3.63) is 105 Å². The number of carbonyl (C=O) groups excluding carboxylic acids is 1. The first kappa shape index (κ1) is 28.2. The van der Waals surface area contributed by atoms with Gasteiger partial charge >= 0.3 is 0 Å². The Morgan fingerprint density at radius 2 is 1.67 bits per heavy atom. The van der Waals surface area contributed by atoms with E-state index in [1.165, 1.54) is 61.4 Å². The van der Waals surface area contributed by atoms with Crippen LogP contribution in [0.15, 0.2) is 65.6 Å². The molecule has 214 valence electrons. The monoisotopic (exact) mass is 572 g/mol. The Morgan fingerprint density at radius 1 is 0.881 bits per heavy atom. The Kier molecular flexibility index (Phi) is 7.58. The molecule has 5 aromatic rings. The molecule has 3 aromatic heterocycles. The summed E-state index contributed by atoms with van der Waals surface area (Å²) < 4.78 is 46.5. The average Bonchev–Trinajstić information content (AvgIpc) is 2.94. The minimum absolute atomic E-state index is 0.109. The first-order valence-electron chi connectivity index (χ1n) is 12.8. The van der Waals surface area contributed by atoms with Crippen LogP contribution < -0.4 is 25.1 Å². The maximum absolute atomic E-state index is 15.2. The van der Waals surface area contributed by atoms with Crippen LogP contribution in [0.25, 0.3) is 16.7 Å². The number of hydrogen-bond acceptors (Lipinski definition) is 7. The molecule has 0 saturated carbocycles. The molecule has 3 heterocycles. The molecule has 0 radical (unpaired) electrons. The van der Waals surface area contributed by atoms with E-state index in [-0.39, 0.29) is 28.6 Å². The van der Waals surface area contributed by atoms with Crippen LogP contribution in [-0.2, 0) is 0 Å². The highest BCUT2D eigenvalue weighted by atomic mass is 19.1. The molecule has 2 aromatic carbocycles. The first-order chi connectivity index (χ1) is 20.1. The lowest BCUT2D eigenvalue weighted by Crippen LogP contribution is -2.31. The molecule has 0 aliphatic carbocycles. The van der Waals surface area contributed by atoms with Crippen molar-refractivity contribution < 1.29 is 27.8 Å². The normalized spacial score (nSPS) is 10.9. The fourth-order valence-electron chi connectivity index (χ4n) is 4.70. The summed E-state index contributed by atoms with van der Waals surface area (Å²) >= 11 is 0. The molecular formula is C31H26F2N4O5. The minimum atomic E-state index is -0.766. The summed E-state index contributed by atoms with van der Waals surface area (Å²) in [6.07, 6.45) is 1.49. The molecule has 0 saturated heterocycles. The molecular weight excluding hydrogens is 546 g/mol. The Bertz CT molecular complexity index is 1920. The van der Waals surface area contributed by atoms with E-state index < -0.39 is 23.1 Å². The van der Waals surface area contributed by atoms with Gasteiger partial charge < -0.3 is 19.5 Å². The van der Waals surface area contributed by atoms with Crippen LogP contribution in [0.2, 0.25) is 0 Å². The standard InChI is InChI=1S/C31H26F2N4O5/c1-16-13-19(32)6-8-23(16)37-18(3)12-17(2)27(31(37)39)29(38)35-20-7-9-24(21(33)14-20)42-25-10-11-34-22-15-26(40-4)30(41-5)36-28(22)25/h6-15H,1-5H3,(H,35,38). The molecule has 5 rings (SSSR count). The highest BCUT2D eigenvalue weighted by Gasteiger charge is 2.21. The van der Waals surface area contributed by atoms with E-state index >= 15 is 4.39 Å². The van der Waals surface area contributed by atoms with Gasteiger partial charge in [-0.15, -0.1) is 0 Å². The van der Waals surface area contributed by atoms with Crippen LogP contribution in [0.5, 0.6) is 23.1 Å². The number of ether oxygens (including phenoxy) is 3. The molecule has 0 spiro atoms. The summed E-state index contributed by atoms with van der Waals surface area (Å²) in [6, 6.07) is 12.8. The van der Waals surface area contributed by atoms with E-state index in [0.29, 0.717) is 39.3 Å². The highest BCUT2D eigenvalue weighted by Crippen LogP contribution is 2.35. The van der Waals surface area contributed by atoms with Crippen LogP contribution in [0.3, 0.4) is 0 Å². The van der Waals surface area contributed by atoms with Crippen LogP contribution in [0.1, 0.15) is 27.2 Å². The van der Waals surface area contributed by atoms with Gasteiger partial charge in [-0.25, -0.2) is 13.8 Å². The number of carbonyl (C=O) groups is 1. The minimum Gasteiger partial charge on any atom is -0.491 e. The lowest BCUT2D eigenvalue weighted by molar-refractivity contribution is 0.102. The van der Waals surface area contributed by atoms with Gasteiger partial charge in [-0.3, -0.25) is 19.1 Å². The Hall–Kier alpha value is -5.32. The van der Waals surface area contributed by atoms with Gasteiger partial charge in [-0.05, 0) is 68.3 Å². The van der Waals surface area contributed by atoms with Crippen molar-refractivity contribution in [2.24, 2.45) is 0 Å². The van der Waals surface area contributed by atoms with Gasteiger partial charge in [0.1, 0.15) is 16.9 Å². The predicted octanol–water partition coefficient (Wildman–Crippen LogP) is 6.05. The number of aromatic nitrogens is 3. The van der Waals surface area contributed by atoms with Crippen LogP contribution >= 0.6 is 0 Å². The van der Waals surface area contributed by atoms with Crippen molar-refractivity contribution in [2.75, 3.05) is 19.5 Å². The molecule has 1 amide bonds. The number of anilines is 1. The largest absolute Gasteiger partial charge is 0.491 e. The number of hydrogen-bond donors (Lipinski definition) is 1. The molecule has 0 aliphatic rings. The third-order valence-corrected chi connectivity index (χ3v) is 6.65. The van der Waals surface area contributed by atoms with Gasteiger partial charge in [0.2, 0.25) is 0 Å². The van der Waals surface area contributed by atoms with Crippen molar-refractivity contribution in [2.45, 2.75) is 20.8 Å². The number of halogens is 2. The predicted molar refractivity (Wildman–Crippen MR) is 153 cm³/mol. The van der Waals surface area contributed by atoms with Crippen LogP contribution in [-0.4, -0.2) is 34.7 Å². The van der Waals surface area contributed by atoms with E-state index in [0.717, 1.165) is 6.07 Å². The molecule has 11 heteroatoms. The van der Waals surface area contributed by atoms with Gasteiger partial charge in [0.15, 0.2) is 23.1 Å². The molecule has 0 atom stereocenters. The second-order valence-corrected chi connectivity index (χ2v) is 9.49. The van der Waals surface area contributed by atoms with Crippen molar-refractivity contribution in [1.82, 2.24) is 14.5 Å². The number of aryl methyl sites for hydroxylation is 3. The van der Waals surface area contributed by atoms with Gasteiger partial charge in [0.25, 0.3) is 17.3 Å². The third kappa shape index (κ3) is 5.24. The lowest BCUT2D eigenvalue weighted by atomic mass is 10.1. The molecule has 0 aliphatic heterocycles. The smallest absolute Gasteiger partial charge is 0.268 e. The number of benzene rings is 2. The lowest BCUT2D eigenvalue weighted by Gasteiger charge is -2.16. The maximum atomic E-state index is 15.2. The topological polar surface area (TPSA) is 105 Å². The maximum Gasteiger partial charge on any atom is 0.268 e. The van der Waals surface area contributed by atoms with Gasteiger partial charge in [0, 0.05) is 35.8 Å². The summed E-state index contributed by atoms with van der Waals surface area (Å²) in [4.78, 5) is 35.4. The number of amides is 1. The zero-order chi connectivity index (χ0) is 30.1. The molecule has 0 fully saturated rings. The number of rotatable bonds is 7. The Balaban J connectivity index is 1.43. The number of nitrogens with one attached hydrogen (secondary N) is 1. The zero-order valence-corrected chi connectivity index (χ0v) is 23.4. The van der Waals surface area contributed by atoms with Crippen LogP contribution in [0.4, 0.5) is 14.5 Å². The van der Waals surface area contributed by atoms with Crippen molar-refractivity contribution in [3.8, 4) is 28.8 Å². The quantitative estimate of drug-likeness (QED) is 0.253. The number of methoxy groups -OCH3 is 2. The van der Waals surface area contributed by atoms with E-state index in [4.69, 9.17) is 14.2 Å². The second-order valence-electron chi connectivity index (χ2n) is 9.49. The fraction of sp³-hybridized carbons (Fsp3) is 0.161. The number of nitrogens with zero attached hydrogens (tertiary/aromatic N) is 3. The molecule has 0 bridgehead atoms. The fourth-order valence-corrected chi connectivity index (χ4v) is 4.70. The Labute approximate surface area is 239 Å². The number of pyridine rings is 3. The molecule has 1 N–H and O–H groups in total. The van der Waals surface area contributed by atoms with Crippen LogP contribution in [0, 0.1) is 32.4 Å². The highest BCUT2D eigenvalue weighted by molar-refractivity contribution is 6.05. The second kappa shape index (κ2) is 11.3. The first-order valence-corrected chi connectivity index (χ1v) is 12.8. The Morgan fingerprint density at radius 3 is 2.36 bits per heavy atom. The number of fused-ring (bicyclic) bond motifs is 1. The van der Waals surface area contributed by atoms with E-state index in [1.807, 2.05) is 0 Å². The van der Waals surface area contributed by atoms with Crippen molar-refractivity contribution in [3.63, 3.8) is 0 Å². The summed E-state index contributed by atoms with van der Waals surface area (Å²) in [5.41, 5.74) is 2.18. The zero-order valence-electron chi connectivity index (χ0n) is 23.4. The summed E-state index contributed by atoms with van der Waals surface area (Å²) in [5.74, 6) is -1.23. The van der Waals surface area contributed by atoms with Gasteiger partial charge in [-0.2, -0.15) is 0 Å². The molecule has 42 heavy (non-hydrogen) atoms. The summed E-state index contributed by atoms with van der Waals surface area (Å²) in [6.45, 7) is 5.04. The van der Waals surface area contributed by atoms with Crippen molar-refractivity contribution >= 4 is 22.6 Å². The SMILES string of the molecule is COc1cc2nccc(Oc3ccc(NC(=O)c4c(C)cc(C)n(-c5ccc(F)cc5C)c4=O)cc3F)c2nc1OC. The van der Waals surface area contributed by atoms with E-state index in [2.05, 4.69) is 15.3 Å². The van der Waals surface area contributed by atoms with Crippen molar-refractivity contribution in [1.29, 1.82) is 0 Å². The van der Waals surface area contributed by atoms with Gasteiger partial charge in [-0.1, -0.05) is 0 Å². The molecule has 9 nitrogen and oxygen atoms in total. The van der Waals surface area contributed by atoms with E-state index in [1.54, 1.807) is 32.9 Å². The molecule has 0 unspecified atom stereocenters. The third-order valence-electron chi connectivity index (χ3n) is 6.65. The van der Waals surface area contributed by atoms with Gasteiger partial charge in [0.05, 0.1) is 25.4 Å². The average molecular weight is 573 g/mol. The summed E-state index contributed by atoms with van der Waals surface area (Å²) in [5, 5.41) is 2.59. The summed E-state index contributed by atoms with van der Waals surface area (Å²) in [7, 11) is 2.92.